The molecule has 0 atom stereocenters. The number of nitrogens with one attached hydrogen (secondary N) is 1. The molecule has 0 unspecified atom stereocenters. The summed E-state index contributed by atoms with van der Waals surface area (Å²) in [6, 6.07) is 6.20. The number of nitrogens with two attached hydrogens (primary N) is 1. The van der Waals surface area contributed by atoms with E-state index in [9.17, 15) is 0 Å². The standard InChI is InChI=1S/C11H13N3/c1-7-4-3-5-8(2)10(7)9-6-13-14-11(9)12/h3-6H,1-2H3,(H3,12,13,14). The maximum absolute atomic E-state index is 5.77. The summed E-state index contributed by atoms with van der Waals surface area (Å²) in [4.78, 5) is 0. The average Bonchev–Trinajstić information content (AvgIpc) is 2.52. The van der Waals surface area contributed by atoms with Crippen LogP contribution in [0.3, 0.4) is 0 Å². The Morgan fingerprint density at radius 1 is 1.21 bits per heavy atom. The van der Waals surface area contributed by atoms with Crippen LogP contribution in [0.1, 0.15) is 11.1 Å². The molecule has 0 radical (unpaired) electrons. The van der Waals surface area contributed by atoms with Gasteiger partial charge in [0.2, 0.25) is 0 Å². The molecule has 0 fully saturated rings. The number of nitrogens with zero attached hydrogens (tertiary/aromatic N) is 1. The Hall–Kier alpha value is -1.77. The van der Waals surface area contributed by atoms with E-state index in [-0.39, 0.29) is 0 Å². The monoisotopic (exact) mass is 187 g/mol. The summed E-state index contributed by atoms with van der Waals surface area (Å²) in [5.41, 5.74) is 10.4. The predicted molar refractivity (Wildman–Crippen MR) is 57.9 cm³/mol. The molecule has 1 aromatic heterocycles. The third kappa shape index (κ3) is 1.27. The van der Waals surface area contributed by atoms with Crippen LogP contribution in [-0.2, 0) is 0 Å². The number of hydrogen-bond acceptors (Lipinski definition) is 2. The number of aromatic amines is 1. The second kappa shape index (κ2) is 3.18. The van der Waals surface area contributed by atoms with Gasteiger partial charge in [0.15, 0.2) is 5.82 Å². The highest BCUT2D eigenvalue weighted by Crippen LogP contribution is 2.29. The van der Waals surface area contributed by atoms with Gasteiger partial charge in [-0.05, 0) is 30.5 Å². The lowest BCUT2D eigenvalue weighted by atomic mass is 9.98. The Kier molecular flexibility index (Phi) is 2.00. The number of rotatable bonds is 1. The van der Waals surface area contributed by atoms with Crippen LogP contribution < -0.4 is 5.73 Å². The lowest BCUT2D eigenvalue weighted by Crippen LogP contribution is -1.91. The molecule has 14 heavy (non-hydrogen) atoms. The quantitative estimate of drug-likeness (QED) is 0.719. The molecule has 3 heteroatoms. The fourth-order valence-corrected chi connectivity index (χ4v) is 1.74. The zero-order valence-electron chi connectivity index (χ0n) is 8.33. The topological polar surface area (TPSA) is 54.7 Å². The van der Waals surface area contributed by atoms with Gasteiger partial charge in [-0.1, -0.05) is 18.2 Å². The Labute approximate surface area is 83.0 Å². The van der Waals surface area contributed by atoms with Gasteiger partial charge in [0, 0.05) is 11.8 Å². The van der Waals surface area contributed by atoms with Crippen molar-refractivity contribution in [2.45, 2.75) is 13.8 Å². The van der Waals surface area contributed by atoms with Crippen molar-refractivity contribution in [1.29, 1.82) is 0 Å². The van der Waals surface area contributed by atoms with Crippen molar-refractivity contribution in [2.75, 3.05) is 5.73 Å². The minimum absolute atomic E-state index is 0.558. The van der Waals surface area contributed by atoms with Crippen LogP contribution in [-0.4, -0.2) is 10.2 Å². The van der Waals surface area contributed by atoms with E-state index >= 15 is 0 Å². The van der Waals surface area contributed by atoms with Crippen LogP contribution in [0.4, 0.5) is 5.82 Å². The van der Waals surface area contributed by atoms with E-state index in [2.05, 4.69) is 36.2 Å². The minimum Gasteiger partial charge on any atom is -0.382 e. The highest BCUT2D eigenvalue weighted by atomic mass is 15.1. The summed E-state index contributed by atoms with van der Waals surface area (Å²) in [5.74, 6) is 0.558. The minimum atomic E-state index is 0.558. The van der Waals surface area contributed by atoms with Gasteiger partial charge in [0.1, 0.15) is 0 Å². The first-order valence-corrected chi connectivity index (χ1v) is 4.56. The zero-order valence-corrected chi connectivity index (χ0v) is 8.33. The van der Waals surface area contributed by atoms with E-state index in [1.54, 1.807) is 0 Å². The largest absolute Gasteiger partial charge is 0.382 e. The molecule has 0 amide bonds. The molecule has 0 aliphatic carbocycles. The van der Waals surface area contributed by atoms with E-state index in [0.29, 0.717) is 5.82 Å². The Morgan fingerprint density at radius 2 is 1.86 bits per heavy atom. The summed E-state index contributed by atoms with van der Waals surface area (Å²) in [5, 5.41) is 6.70. The second-order valence-electron chi connectivity index (χ2n) is 3.45. The Morgan fingerprint density at radius 3 is 2.36 bits per heavy atom. The average molecular weight is 187 g/mol. The smallest absolute Gasteiger partial charge is 0.153 e. The number of anilines is 1. The van der Waals surface area contributed by atoms with Crippen molar-refractivity contribution in [2.24, 2.45) is 0 Å². The first-order chi connectivity index (χ1) is 6.70. The molecule has 72 valence electrons. The third-order valence-electron chi connectivity index (χ3n) is 2.42. The molecule has 2 rings (SSSR count). The Bertz CT molecular complexity index is 437. The lowest BCUT2D eigenvalue weighted by molar-refractivity contribution is 1.10. The van der Waals surface area contributed by atoms with Crippen LogP contribution in [0.25, 0.3) is 11.1 Å². The fourth-order valence-electron chi connectivity index (χ4n) is 1.74. The molecule has 2 aromatic rings. The molecule has 0 aliphatic rings. The molecule has 0 saturated carbocycles. The molecule has 0 spiro atoms. The number of aromatic nitrogens is 2. The summed E-state index contributed by atoms with van der Waals surface area (Å²) in [6.45, 7) is 4.16. The van der Waals surface area contributed by atoms with Crippen LogP contribution in [0.2, 0.25) is 0 Å². The van der Waals surface area contributed by atoms with E-state index in [0.717, 1.165) is 5.56 Å². The number of aryl methyl sites for hydroxylation is 2. The summed E-state index contributed by atoms with van der Waals surface area (Å²) < 4.78 is 0. The number of H-pyrrole nitrogens is 1. The van der Waals surface area contributed by atoms with Gasteiger partial charge >= 0.3 is 0 Å². The first kappa shape index (κ1) is 8.81. The van der Waals surface area contributed by atoms with Crippen LogP contribution in [0.15, 0.2) is 24.4 Å². The van der Waals surface area contributed by atoms with Crippen molar-refractivity contribution < 1.29 is 0 Å². The Balaban J connectivity index is 2.68. The van der Waals surface area contributed by atoms with E-state index < -0.39 is 0 Å². The van der Waals surface area contributed by atoms with Gasteiger partial charge < -0.3 is 5.73 Å². The molecule has 3 nitrogen and oxygen atoms in total. The maximum Gasteiger partial charge on any atom is 0.153 e. The second-order valence-corrected chi connectivity index (χ2v) is 3.45. The van der Waals surface area contributed by atoms with Crippen molar-refractivity contribution in [3.63, 3.8) is 0 Å². The number of nitrogen functional groups attached to an aromatic ring is 1. The van der Waals surface area contributed by atoms with Gasteiger partial charge in [-0.3, -0.25) is 5.10 Å². The zero-order chi connectivity index (χ0) is 10.1. The maximum atomic E-state index is 5.77. The van der Waals surface area contributed by atoms with Gasteiger partial charge in [-0.15, -0.1) is 0 Å². The summed E-state index contributed by atoms with van der Waals surface area (Å²) in [6.07, 6.45) is 1.84. The molecule has 3 N–H and O–H groups in total. The molecular weight excluding hydrogens is 174 g/mol. The molecule has 1 aromatic carbocycles. The highest BCUT2D eigenvalue weighted by molar-refractivity contribution is 5.77. The van der Waals surface area contributed by atoms with Gasteiger partial charge in [0.25, 0.3) is 0 Å². The predicted octanol–water partition coefficient (Wildman–Crippen LogP) is 2.28. The van der Waals surface area contributed by atoms with E-state index in [1.807, 2.05) is 12.3 Å². The lowest BCUT2D eigenvalue weighted by Gasteiger charge is -2.07. The van der Waals surface area contributed by atoms with Crippen LogP contribution >= 0.6 is 0 Å². The fraction of sp³-hybridized carbons (Fsp3) is 0.182. The molecule has 1 heterocycles. The van der Waals surface area contributed by atoms with Crippen molar-refractivity contribution in [3.8, 4) is 11.1 Å². The highest BCUT2D eigenvalue weighted by Gasteiger charge is 2.09. The van der Waals surface area contributed by atoms with Gasteiger partial charge in [-0.25, -0.2) is 0 Å². The van der Waals surface area contributed by atoms with Gasteiger partial charge in [-0.2, -0.15) is 5.10 Å². The number of benzene rings is 1. The molecule has 0 aliphatic heterocycles. The molecule has 0 saturated heterocycles. The third-order valence-corrected chi connectivity index (χ3v) is 2.42. The van der Waals surface area contributed by atoms with E-state index in [1.165, 1.54) is 16.7 Å². The summed E-state index contributed by atoms with van der Waals surface area (Å²) >= 11 is 0. The molecular formula is C11H13N3. The summed E-state index contributed by atoms with van der Waals surface area (Å²) in [7, 11) is 0. The normalized spacial score (nSPS) is 10.4. The van der Waals surface area contributed by atoms with Crippen molar-refractivity contribution >= 4 is 5.82 Å². The number of hydrogen-bond donors (Lipinski definition) is 2. The van der Waals surface area contributed by atoms with Crippen LogP contribution in [0, 0.1) is 13.8 Å². The first-order valence-electron chi connectivity index (χ1n) is 4.56. The van der Waals surface area contributed by atoms with Crippen molar-refractivity contribution in [3.05, 3.63) is 35.5 Å². The van der Waals surface area contributed by atoms with Crippen molar-refractivity contribution in [1.82, 2.24) is 10.2 Å². The van der Waals surface area contributed by atoms with Gasteiger partial charge in [0.05, 0.1) is 0 Å². The molecule has 0 bridgehead atoms. The van der Waals surface area contributed by atoms with Crippen LogP contribution in [0.5, 0.6) is 0 Å². The van der Waals surface area contributed by atoms with E-state index in [4.69, 9.17) is 5.73 Å². The SMILES string of the molecule is Cc1cccc(C)c1-c1c[nH]nc1N.